The summed E-state index contributed by atoms with van der Waals surface area (Å²) in [5.41, 5.74) is 0.906. The van der Waals surface area contributed by atoms with Gasteiger partial charge in [-0.3, -0.25) is 4.79 Å². The van der Waals surface area contributed by atoms with Crippen LogP contribution in [0.5, 0.6) is 0 Å². The van der Waals surface area contributed by atoms with Crippen LogP contribution in [0.3, 0.4) is 0 Å². The zero-order chi connectivity index (χ0) is 12.4. The summed E-state index contributed by atoms with van der Waals surface area (Å²) >= 11 is 11.9. The average Bonchev–Trinajstić information content (AvgIpc) is 2.13. The maximum Gasteiger partial charge on any atom is 0.223 e. The van der Waals surface area contributed by atoms with Gasteiger partial charge in [-0.1, -0.05) is 35.7 Å². The van der Waals surface area contributed by atoms with Crippen LogP contribution in [-0.2, 0) is 4.79 Å². The van der Waals surface area contributed by atoms with Crippen molar-refractivity contribution in [3.63, 3.8) is 0 Å². The molecule has 0 heterocycles. The monoisotopic (exact) mass is 271 g/mol. The minimum atomic E-state index is -0.0760. The molecule has 92 valence electrons. The first-order valence-electron chi connectivity index (χ1n) is 5.83. The molecular weight excluding hydrogens is 257 g/mol. The highest BCUT2D eigenvalue weighted by molar-refractivity contribution is 6.35. The number of carbonyl (C=O) groups is 1. The summed E-state index contributed by atoms with van der Waals surface area (Å²) < 4.78 is 0. The first-order chi connectivity index (χ1) is 8.08. The molecule has 0 spiro atoms. The van der Waals surface area contributed by atoms with Crippen molar-refractivity contribution < 1.29 is 4.79 Å². The summed E-state index contributed by atoms with van der Waals surface area (Å²) in [4.78, 5) is 11.8. The molecule has 1 aliphatic rings. The summed E-state index contributed by atoms with van der Waals surface area (Å²) in [5, 5.41) is 4.20. The van der Waals surface area contributed by atoms with E-state index in [2.05, 4.69) is 5.32 Å². The maximum atomic E-state index is 11.8. The van der Waals surface area contributed by atoms with Crippen LogP contribution in [0.15, 0.2) is 18.2 Å². The van der Waals surface area contributed by atoms with E-state index >= 15 is 0 Å². The average molecular weight is 272 g/mol. The number of hydrogen-bond acceptors (Lipinski definition) is 1. The Morgan fingerprint density at radius 1 is 1.41 bits per heavy atom. The second-order valence-corrected chi connectivity index (χ2v) is 5.37. The first-order valence-corrected chi connectivity index (χ1v) is 6.59. The molecule has 4 heteroatoms. The number of amides is 1. The normalized spacial score (nSPS) is 17.4. The highest BCUT2D eigenvalue weighted by atomic mass is 35.5. The van der Waals surface area contributed by atoms with Gasteiger partial charge in [-0.05, 0) is 37.5 Å². The topological polar surface area (TPSA) is 29.1 Å². The number of benzene rings is 1. The van der Waals surface area contributed by atoms with Gasteiger partial charge in [0, 0.05) is 16.0 Å². The Labute approximate surface area is 111 Å². The molecule has 1 aromatic rings. The fourth-order valence-electron chi connectivity index (χ4n) is 1.93. The molecule has 2 nitrogen and oxygen atoms in total. The van der Waals surface area contributed by atoms with E-state index in [4.69, 9.17) is 23.2 Å². The minimum Gasteiger partial charge on any atom is -0.349 e. The predicted octanol–water partition coefficient (Wildman–Crippen LogP) is 3.97. The van der Waals surface area contributed by atoms with Crippen molar-refractivity contribution in [2.45, 2.75) is 32.2 Å². The van der Waals surface area contributed by atoms with E-state index < -0.39 is 0 Å². The number of carbonyl (C=O) groups excluding carboxylic acids is 1. The van der Waals surface area contributed by atoms with Crippen molar-refractivity contribution in [2.24, 2.45) is 5.92 Å². The molecule has 0 unspecified atom stereocenters. The molecule has 0 aromatic heterocycles. The third kappa shape index (κ3) is 2.93. The van der Waals surface area contributed by atoms with Gasteiger partial charge in [0.15, 0.2) is 0 Å². The van der Waals surface area contributed by atoms with E-state index in [9.17, 15) is 4.79 Å². The van der Waals surface area contributed by atoms with Gasteiger partial charge in [0.1, 0.15) is 0 Å². The second kappa shape index (κ2) is 5.28. The van der Waals surface area contributed by atoms with Gasteiger partial charge in [-0.2, -0.15) is 0 Å². The van der Waals surface area contributed by atoms with Crippen LogP contribution in [0.2, 0.25) is 10.0 Å². The number of hydrogen-bond donors (Lipinski definition) is 1. The SMILES string of the molecule is C[C@H](NC(=O)C1CCC1)c1ccc(Cl)cc1Cl. The third-order valence-corrected chi connectivity index (χ3v) is 3.83. The van der Waals surface area contributed by atoms with Crippen molar-refractivity contribution >= 4 is 29.1 Å². The molecule has 0 aliphatic heterocycles. The largest absolute Gasteiger partial charge is 0.349 e. The molecule has 1 atom stereocenters. The van der Waals surface area contributed by atoms with Gasteiger partial charge in [0.05, 0.1) is 6.04 Å². The number of nitrogens with one attached hydrogen (secondary N) is 1. The lowest BCUT2D eigenvalue weighted by molar-refractivity contribution is -0.128. The van der Waals surface area contributed by atoms with E-state index in [1.54, 1.807) is 12.1 Å². The molecule has 0 radical (unpaired) electrons. The Balaban J connectivity index is 2.03. The molecule has 0 bridgehead atoms. The Hall–Kier alpha value is -0.730. The first kappa shape index (κ1) is 12.7. The molecule has 1 fully saturated rings. The van der Waals surface area contributed by atoms with Crippen molar-refractivity contribution in [1.82, 2.24) is 5.32 Å². The van der Waals surface area contributed by atoms with Crippen LogP contribution in [0.4, 0.5) is 0 Å². The smallest absolute Gasteiger partial charge is 0.223 e. The van der Waals surface area contributed by atoms with Crippen molar-refractivity contribution in [3.05, 3.63) is 33.8 Å². The van der Waals surface area contributed by atoms with Gasteiger partial charge < -0.3 is 5.32 Å². The Bertz CT molecular complexity index is 429. The van der Waals surface area contributed by atoms with E-state index in [0.29, 0.717) is 10.0 Å². The molecule has 1 amide bonds. The highest BCUT2D eigenvalue weighted by Gasteiger charge is 2.26. The van der Waals surface area contributed by atoms with Gasteiger partial charge in [0.2, 0.25) is 5.91 Å². The summed E-state index contributed by atoms with van der Waals surface area (Å²) in [6.45, 7) is 1.94. The zero-order valence-corrected chi connectivity index (χ0v) is 11.2. The number of halogens is 2. The fourth-order valence-corrected chi connectivity index (χ4v) is 2.50. The van der Waals surface area contributed by atoms with Crippen LogP contribution in [0, 0.1) is 5.92 Å². The molecule has 1 aromatic carbocycles. The van der Waals surface area contributed by atoms with Gasteiger partial charge >= 0.3 is 0 Å². The van der Waals surface area contributed by atoms with E-state index in [-0.39, 0.29) is 17.9 Å². The summed E-state index contributed by atoms with van der Waals surface area (Å²) in [7, 11) is 0. The molecule has 1 N–H and O–H groups in total. The summed E-state index contributed by atoms with van der Waals surface area (Å²) in [5.74, 6) is 0.332. The maximum absolute atomic E-state index is 11.8. The number of rotatable bonds is 3. The molecule has 2 rings (SSSR count). The van der Waals surface area contributed by atoms with Crippen LogP contribution in [-0.4, -0.2) is 5.91 Å². The molecular formula is C13H15Cl2NO. The molecule has 1 saturated carbocycles. The van der Waals surface area contributed by atoms with E-state index in [1.807, 2.05) is 13.0 Å². The van der Waals surface area contributed by atoms with Crippen LogP contribution in [0.1, 0.15) is 37.8 Å². The molecule has 0 saturated heterocycles. The zero-order valence-electron chi connectivity index (χ0n) is 9.67. The lowest BCUT2D eigenvalue weighted by Gasteiger charge is -2.26. The lowest BCUT2D eigenvalue weighted by Crippen LogP contribution is -2.36. The molecule has 1 aliphatic carbocycles. The Morgan fingerprint density at radius 3 is 2.65 bits per heavy atom. The fraction of sp³-hybridized carbons (Fsp3) is 0.462. The highest BCUT2D eigenvalue weighted by Crippen LogP contribution is 2.29. The summed E-state index contributed by atoms with van der Waals surface area (Å²) in [6, 6.07) is 5.27. The molecule has 17 heavy (non-hydrogen) atoms. The Kier molecular flexibility index (Phi) is 3.95. The van der Waals surface area contributed by atoms with Crippen molar-refractivity contribution in [3.8, 4) is 0 Å². The standard InChI is InChI=1S/C13H15Cl2NO/c1-8(16-13(17)9-3-2-4-9)11-6-5-10(14)7-12(11)15/h5-9H,2-4H2,1H3,(H,16,17)/t8-/m0/s1. The van der Waals surface area contributed by atoms with Crippen LogP contribution < -0.4 is 5.32 Å². The van der Waals surface area contributed by atoms with Crippen molar-refractivity contribution in [2.75, 3.05) is 0 Å². The predicted molar refractivity (Wildman–Crippen MR) is 70.4 cm³/mol. The summed E-state index contributed by atoms with van der Waals surface area (Å²) in [6.07, 6.45) is 3.17. The van der Waals surface area contributed by atoms with Gasteiger partial charge in [0.25, 0.3) is 0 Å². The second-order valence-electron chi connectivity index (χ2n) is 4.52. The van der Waals surface area contributed by atoms with Gasteiger partial charge in [-0.15, -0.1) is 0 Å². The third-order valence-electron chi connectivity index (χ3n) is 3.26. The Morgan fingerprint density at radius 2 is 2.12 bits per heavy atom. The minimum absolute atomic E-state index is 0.0760. The lowest BCUT2D eigenvalue weighted by atomic mass is 9.84. The van der Waals surface area contributed by atoms with Crippen LogP contribution >= 0.6 is 23.2 Å². The van der Waals surface area contributed by atoms with Crippen molar-refractivity contribution in [1.29, 1.82) is 0 Å². The quantitative estimate of drug-likeness (QED) is 0.886. The van der Waals surface area contributed by atoms with Gasteiger partial charge in [-0.25, -0.2) is 0 Å². The van der Waals surface area contributed by atoms with E-state index in [1.165, 1.54) is 0 Å². The van der Waals surface area contributed by atoms with E-state index in [0.717, 1.165) is 24.8 Å². The van der Waals surface area contributed by atoms with Crippen LogP contribution in [0.25, 0.3) is 0 Å².